The fourth-order valence-electron chi connectivity index (χ4n) is 1.05. The van der Waals surface area contributed by atoms with E-state index in [0.717, 1.165) is 0 Å². The van der Waals surface area contributed by atoms with Crippen LogP contribution in [0.3, 0.4) is 0 Å². The van der Waals surface area contributed by atoms with Crippen LogP contribution in [0.15, 0.2) is 31.1 Å². The lowest BCUT2D eigenvalue weighted by Gasteiger charge is -2.00. The van der Waals surface area contributed by atoms with Crippen LogP contribution in [-0.2, 0) is 7.05 Å². The minimum Gasteiger partial charge on any atom is -0.304 e. The van der Waals surface area contributed by atoms with Gasteiger partial charge in [-0.1, -0.05) is 0 Å². The molecule has 2 aromatic heterocycles. The molecule has 0 radical (unpaired) electrons. The maximum Gasteiger partial charge on any atom is 0.331 e. The molecule has 0 aromatic carbocycles. The van der Waals surface area contributed by atoms with Crippen molar-refractivity contribution in [3.8, 4) is 0 Å². The van der Waals surface area contributed by atoms with Gasteiger partial charge in [0.05, 0.1) is 11.9 Å². The number of aryl methyl sites for hydroxylation is 1. The van der Waals surface area contributed by atoms with E-state index < -0.39 is 0 Å². The summed E-state index contributed by atoms with van der Waals surface area (Å²) in [7, 11) is 1.78. The van der Waals surface area contributed by atoms with Gasteiger partial charge in [-0.15, -0.1) is 0 Å². The average Bonchev–Trinajstić information content (AvgIpc) is 2.75. The third kappa shape index (κ3) is 1.63. The number of amides is 1. The second-order valence-electron chi connectivity index (χ2n) is 2.80. The van der Waals surface area contributed by atoms with Crippen molar-refractivity contribution in [2.45, 2.75) is 0 Å². The minimum absolute atomic E-state index is 0.254. The summed E-state index contributed by atoms with van der Waals surface area (Å²) in [5.74, 6) is 0. The van der Waals surface area contributed by atoms with Crippen LogP contribution < -0.4 is 5.32 Å². The molecule has 0 fully saturated rings. The van der Waals surface area contributed by atoms with E-state index in [1.54, 1.807) is 36.5 Å². The van der Waals surface area contributed by atoms with Gasteiger partial charge < -0.3 is 5.32 Å². The normalized spacial score (nSPS) is 10.1. The molecule has 6 nitrogen and oxygen atoms in total. The Bertz CT molecular complexity index is 430. The Labute approximate surface area is 80.2 Å². The van der Waals surface area contributed by atoms with Crippen molar-refractivity contribution in [1.82, 2.24) is 19.3 Å². The van der Waals surface area contributed by atoms with Gasteiger partial charge in [-0.05, 0) is 0 Å². The Kier molecular flexibility index (Phi) is 2.02. The Morgan fingerprint density at radius 3 is 3.00 bits per heavy atom. The largest absolute Gasteiger partial charge is 0.331 e. The van der Waals surface area contributed by atoms with E-state index in [-0.39, 0.29) is 6.03 Å². The number of nitrogens with zero attached hydrogens (tertiary/aromatic N) is 4. The maximum atomic E-state index is 11.5. The second kappa shape index (κ2) is 3.33. The first-order chi connectivity index (χ1) is 6.75. The van der Waals surface area contributed by atoms with E-state index >= 15 is 0 Å². The summed E-state index contributed by atoms with van der Waals surface area (Å²) in [5.41, 5.74) is 0.659. The first kappa shape index (κ1) is 8.49. The first-order valence-corrected chi connectivity index (χ1v) is 4.03. The number of imidazole rings is 1. The molecule has 0 spiro atoms. The molecule has 0 saturated carbocycles. The standard InChI is InChI=1S/C8H9N5O/c1-12-5-7(4-10-12)11-8(14)13-3-2-9-6-13/h2-6H,1H3,(H,11,14). The van der Waals surface area contributed by atoms with Gasteiger partial charge in [-0.2, -0.15) is 5.10 Å². The summed E-state index contributed by atoms with van der Waals surface area (Å²) < 4.78 is 2.97. The van der Waals surface area contributed by atoms with Gasteiger partial charge in [0.1, 0.15) is 6.33 Å². The molecule has 72 valence electrons. The van der Waals surface area contributed by atoms with Gasteiger partial charge in [0.2, 0.25) is 0 Å². The average molecular weight is 191 g/mol. The van der Waals surface area contributed by atoms with Gasteiger partial charge >= 0.3 is 6.03 Å². The van der Waals surface area contributed by atoms with Crippen LogP contribution >= 0.6 is 0 Å². The summed E-state index contributed by atoms with van der Waals surface area (Å²) >= 11 is 0. The van der Waals surface area contributed by atoms with Crippen molar-refractivity contribution in [3.63, 3.8) is 0 Å². The van der Waals surface area contributed by atoms with E-state index in [0.29, 0.717) is 5.69 Å². The number of carbonyl (C=O) groups is 1. The van der Waals surface area contributed by atoms with E-state index in [4.69, 9.17) is 0 Å². The van der Waals surface area contributed by atoms with Crippen LogP contribution in [0.25, 0.3) is 0 Å². The maximum absolute atomic E-state index is 11.5. The zero-order valence-electron chi connectivity index (χ0n) is 7.58. The molecule has 6 heteroatoms. The molecule has 0 aliphatic heterocycles. The molecule has 1 amide bonds. The van der Waals surface area contributed by atoms with Gasteiger partial charge in [-0.3, -0.25) is 9.25 Å². The van der Waals surface area contributed by atoms with E-state index in [2.05, 4.69) is 15.4 Å². The molecule has 2 aromatic rings. The third-order valence-corrected chi connectivity index (χ3v) is 1.70. The smallest absolute Gasteiger partial charge is 0.304 e. The molecule has 0 atom stereocenters. The van der Waals surface area contributed by atoms with E-state index in [9.17, 15) is 4.79 Å². The Morgan fingerprint density at radius 1 is 1.57 bits per heavy atom. The number of rotatable bonds is 1. The lowest BCUT2D eigenvalue weighted by molar-refractivity contribution is 0.253. The van der Waals surface area contributed by atoms with Crippen molar-refractivity contribution >= 4 is 11.7 Å². The molecule has 2 rings (SSSR count). The third-order valence-electron chi connectivity index (χ3n) is 1.70. The fraction of sp³-hybridized carbons (Fsp3) is 0.125. The summed E-state index contributed by atoms with van der Waals surface area (Å²) in [6.45, 7) is 0. The second-order valence-corrected chi connectivity index (χ2v) is 2.80. The number of hydrogen-bond acceptors (Lipinski definition) is 3. The lowest BCUT2D eigenvalue weighted by Crippen LogP contribution is -2.17. The Hall–Kier alpha value is -2.11. The summed E-state index contributed by atoms with van der Waals surface area (Å²) in [4.78, 5) is 15.2. The summed E-state index contributed by atoms with van der Waals surface area (Å²) in [6.07, 6.45) is 7.85. The summed E-state index contributed by atoms with van der Waals surface area (Å²) in [6, 6.07) is -0.254. The molecule has 14 heavy (non-hydrogen) atoms. The van der Waals surface area contributed by atoms with Crippen LogP contribution in [0.4, 0.5) is 10.5 Å². The van der Waals surface area contributed by atoms with Crippen molar-refractivity contribution in [2.24, 2.45) is 7.05 Å². The zero-order chi connectivity index (χ0) is 9.97. The van der Waals surface area contributed by atoms with Crippen molar-refractivity contribution in [2.75, 3.05) is 5.32 Å². The number of carbonyl (C=O) groups excluding carboxylic acids is 1. The van der Waals surface area contributed by atoms with Crippen LogP contribution in [0.5, 0.6) is 0 Å². The fourth-order valence-corrected chi connectivity index (χ4v) is 1.05. The number of nitrogens with one attached hydrogen (secondary N) is 1. The highest BCUT2D eigenvalue weighted by atomic mass is 16.2. The molecule has 0 aliphatic rings. The molecule has 0 aliphatic carbocycles. The Balaban J connectivity index is 2.09. The number of hydrogen-bond donors (Lipinski definition) is 1. The molecule has 1 N–H and O–H groups in total. The molecule has 0 saturated heterocycles. The lowest BCUT2D eigenvalue weighted by atomic mass is 10.6. The highest BCUT2D eigenvalue weighted by Gasteiger charge is 2.04. The SMILES string of the molecule is Cn1cc(NC(=O)n2ccnc2)cn1. The van der Waals surface area contributed by atoms with Crippen molar-refractivity contribution in [3.05, 3.63) is 31.1 Å². The number of aromatic nitrogens is 4. The molecular formula is C8H9N5O. The van der Waals surface area contributed by atoms with Crippen molar-refractivity contribution < 1.29 is 4.79 Å². The van der Waals surface area contributed by atoms with Crippen LogP contribution in [0.1, 0.15) is 0 Å². The van der Waals surface area contributed by atoms with E-state index in [1.165, 1.54) is 10.9 Å². The zero-order valence-corrected chi connectivity index (χ0v) is 7.58. The van der Waals surface area contributed by atoms with Gasteiger partial charge in [0, 0.05) is 25.6 Å². The quantitative estimate of drug-likeness (QED) is 0.721. The molecular weight excluding hydrogens is 182 g/mol. The van der Waals surface area contributed by atoms with Crippen LogP contribution in [0, 0.1) is 0 Å². The topological polar surface area (TPSA) is 64.7 Å². The van der Waals surface area contributed by atoms with E-state index in [1.807, 2.05) is 0 Å². The van der Waals surface area contributed by atoms with Crippen LogP contribution in [0.2, 0.25) is 0 Å². The number of anilines is 1. The molecule has 2 heterocycles. The molecule has 0 unspecified atom stereocenters. The highest BCUT2D eigenvalue weighted by molar-refractivity contribution is 5.90. The molecule has 0 bridgehead atoms. The minimum atomic E-state index is -0.254. The Morgan fingerprint density at radius 2 is 2.43 bits per heavy atom. The summed E-state index contributed by atoms with van der Waals surface area (Å²) in [5, 5.41) is 6.59. The predicted molar refractivity (Wildman–Crippen MR) is 49.9 cm³/mol. The van der Waals surface area contributed by atoms with Crippen molar-refractivity contribution in [1.29, 1.82) is 0 Å². The monoisotopic (exact) mass is 191 g/mol. The first-order valence-electron chi connectivity index (χ1n) is 4.03. The van der Waals surface area contributed by atoms with Crippen LogP contribution in [-0.4, -0.2) is 25.4 Å². The van der Waals surface area contributed by atoms with Gasteiger partial charge in [0.25, 0.3) is 0 Å². The van der Waals surface area contributed by atoms with Gasteiger partial charge in [0.15, 0.2) is 0 Å². The predicted octanol–water partition coefficient (Wildman–Crippen LogP) is 0.697. The highest BCUT2D eigenvalue weighted by Crippen LogP contribution is 2.03. The van der Waals surface area contributed by atoms with Gasteiger partial charge in [-0.25, -0.2) is 9.78 Å².